The van der Waals surface area contributed by atoms with E-state index in [0.29, 0.717) is 49.8 Å². The van der Waals surface area contributed by atoms with Crippen molar-refractivity contribution in [3.63, 3.8) is 0 Å². The van der Waals surface area contributed by atoms with E-state index in [0.717, 1.165) is 11.3 Å². The van der Waals surface area contributed by atoms with Gasteiger partial charge < -0.3 is 72.9 Å². The molecule has 1 saturated heterocycles. The summed E-state index contributed by atoms with van der Waals surface area (Å²) in [6.45, 7) is 4.85. The van der Waals surface area contributed by atoms with Crippen molar-refractivity contribution >= 4 is 65.5 Å². The molecular formula is C57H84N14O14. The van der Waals surface area contributed by atoms with Crippen LogP contribution in [0.15, 0.2) is 83.9 Å². The minimum atomic E-state index is -1.06. The molecule has 0 aliphatic carbocycles. The smallest absolute Gasteiger partial charge is 0.344 e. The number of urea groups is 1. The van der Waals surface area contributed by atoms with Crippen LogP contribution >= 0.6 is 0 Å². The number of aromatic hydroxyl groups is 1. The number of amides is 6. The second-order valence-electron chi connectivity index (χ2n) is 20.0. The van der Waals surface area contributed by atoms with Crippen molar-refractivity contribution in [3.05, 3.63) is 95.6 Å². The number of nitrogens with one attached hydrogen (secondary N) is 8. The van der Waals surface area contributed by atoms with Gasteiger partial charge in [0.05, 0.1) is 38.8 Å². The molecule has 6 amide bonds. The van der Waals surface area contributed by atoms with E-state index in [-0.39, 0.29) is 154 Å². The zero-order valence-electron chi connectivity index (χ0n) is 48.2. The van der Waals surface area contributed by atoms with E-state index in [4.69, 9.17) is 10.5 Å². The minimum Gasteiger partial charge on any atom is -0.508 e. The first-order valence-electron chi connectivity index (χ1n) is 28.4. The van der Waals surface area contributed by atoms with Crippen LogP contribution in [0.2, 0.25) is 0 Å². The zero-order chi connectivity index (χ0) is 61.8. The molecule has 1 unspecified atom stereocenters. The van der Waals surface area contributed by atoms with Gasteiger partial charge in [0.15, 0.2) is 12.2 Å². The van der Waals surface area contributed by atoms with Crippen molar-refractivity contribution < 1.29 is 68.3 Å². The topological polar surface area (TPSA) is 391 Å². The van der Waals surface area contributed by atoms with E-state index < -0.39 is 53.9 Å². The predicted octanol–water partition coefficient (Wildman–Crippen LogP) is -0.840. The number of aldehydes is 1. The number of ether oxygens (including phenoxy) is 1. The van der Waals surface area contributed by atoms with E-state index in [1.807, 2.05) is 54.6 Å². The van der Waals surface area contributed by atoms with Gasteiger partial charge in [-0.15, -0.1) is 0 Å². The summed E-state index contributed by atoms with van der Waals surface area (Å²) in [6, 6.07) is 21.1. The van der Waals surface area contributed by atoms with Crippen LogP contribution in [0.5, 0.6) is 5.75 Å². The number of nitrogens with zero attached hydrogens (tertiary/aromatic N) is 5. The van der Waals surface area contributed by atoms with E-state index in [9.17, 15) is 63.6 Å². The maximum absolute atomic E-state index is 14.5. The number of carbonyl (C=O) groups excluding carboxylic acids is 6. The molecule has 0 spiro atoms. The third-order valence-electron chi connectivity index (χ3n) is 13.4. The number of phenols is 1. The van der Waals surface area contributed by atoms with Gasteiger partial charge in [-0.2, -0.15) is 4.99 Å². The lowest BCUT2D eigenvalue weighted by Crippen LogP contribution is -2.54. The highest BCUT2D eigenvalue weighted by Crippen LogP contribution is 2.28. The Morgan fingerprint density at radius 2 is 1.22 bits per heavy atom. The first kappa shape index (κ1) is 69.2. The molecule has 4 rings (SSSR count). The highest BCUT2D eigenvalue weighted by molar-refractivity contribution is 5.93. The number of carboxylic acids is 3. The fourth-order valence-corrected chi connectivity index (χ4v) is 8.95. The third kappa shape index (κ3) is 28.7. The lowest BCUT2D eigenvalue weighted by atomic mass is 9.89. The molecule has 1 fully saturated rings. The monoisotopic (exact) mass is 1190 g/mol. The number of carbonyl (C=O) groups is 9. The average molecular weight is 1190 g/mol. The second kappa shape index (κ2) is 39.3. The van der Waals surface area contributed by atoms with E-state index in [2.05, 4.69) is 47.5 Å². The number of benzene rings is 3. The van der Waals surface area contributed by atoms with Crippen molar-refractivity contribution in [1.29, 1.82) is 0 Å². The Morgan fingerprint density at radius 1 is 0.635 bits per heavy atom. The number of nitrogens with two attached hydrogens (primary N) is 1. The van der Waals surface area contributed by atoms with Crippen LogP contribution in [-0.2, 0) is 49.6 Å². The van der Waals surface area contributed by atoms with E-state index in [1.165, 1.54) is 12.1 Å². The molecule has 14 N–H and O–H groups in total. The van der Waals surface area contributed by atoms with Crippen LogP contribution in [0.3, 0.4) is 0 Å². The highest BCUT2D eigenvalue weighted by atomic mass is 16.5. The summed E-state index contributed by atoms with van der Waals surface area (Å²) >= 11 is 0. The number of anilines is 1. The Balaban J connectivity index is 1.26. The summed E-state index contributed by atoms with van der Waals surface area (Å²) in [5.41, 5.74) is 8.72. The number of hydrogen-bond donors (Lipinski definition) is 13. The Hall–Kier alpha value is -8.28. The molecule has 3 aromatic rings. The maximum atomic E-state index is 14.5. The lowest BCUT2D eigenvalue weighted by Gasteiger charge is -2.35. The molecule has 0 aromatic heterocycles. The molecule has 466 valence electrons. The number of guanidine groups is 1. The first-order valence-corrected chi connectivity index (χ1v) is 28.4. The molecule has 1 heterocycles. The summed E-state index contributed by atoms with van der Waals surface area (Å²) in [5.74, 6) is -5.35. The molecule has 0 bridgehead atoms. The SMILES string of the molecule is CCC(=O)NCCNC(=O)/N=C(/N)NCCC[C@@H](NC(=O)[C@H](c1ccccc1)c1cccc(NCCCNC(=O)CCOCCNC(C=O)N2CCN(CC(=O)O)CCN(CC(=O)O)CCN(CC(=O)O)CC2)c1)C(=O)NCc1ccc(O)cc1. The molecule has 3 aromatic carbocycles. The summed E-state index contributed by atoms with van der Waals surface area (Å²) in [4.78, 5) is 122. The zero-order valence-corrected chi connectivity index (χ0v) is 48.2. The van der Waals surface area contributed by atoms with Gasteiger partial charge in [0.1, 0.15) is 18.0 Å². The van der Waals surface area contributed by atoms with Crippen molar-refractivity contribution in [2.45, 2.75) is 63.7 Å². The Morgan fingerprint density at radius 3 is 1.84 bits per heavy atom. The third-order valence-corrected chi connectivity index (χ3v) is 13.4. The van der Waals surface area contributed by atoms with Crippen LogP contribution < -0.4 is 48.3 Å². The maximum Gasteiger partial charge on any atom is 0.344 e. The summed E-state index contributed by atoms with van der Waals surface area (Å²) in [7, 11) is 0. The van der Waals surface area contributed by atoms with Gasteiger partial charge in [0.25, 0.3) is 0 Å². The predicted molar refractivity (Wildman–Crippen MR) is 315 cm³/mol. The number of hydrogen-bond acceptors (Lipinski definition) is 17. The molecule has 28 heteroatoms. The van der Waals surface area contributed by atoms with Crippen LogP contribution in [0, 0.1) is 0 Å². The number of aliphatic carboxylic acids is 3. The number of phenolic OH excluding ortho intramolecular Hbond substituents is 1. The number of aliphatic imine (C=N–C) groups is 1. The molecule has 1 aliphatic heterocycles. The van der Waals surface area contributed by atoms with Gasteiger partial charge in [0.2, 0.25) is 23.6 Å². The van der Waals surface area contributed by atoms with Gasteiger partial charge in [-0.05, 0) is 60.2 Å². The molecule has 28 nitrogen and oxygen atoms in total. The fraction of sp³-hybridized carbons (Fsp3) is 0.509. The average Bonchev–Trinajstić information content (AvgIpc) is 3.58. The van der Waals surface area contributed by atoms with Crippen molar-refractivity contribution in [2.24, 2.45) is 10.7 Å². The quantitative estimate of drug-likeness (QED) is 0.0148. The van der Waals surface area contributed by atoms with Crippen LogP contribution in [0.4, 0.5) is 10.5 Å². The Labute approximate surface area is 494 Å². The molecule has 0 saturated carbocycles. The minimum absolute atomic E-state index is 0.0739. The van der Waals surface area contributed by atoms with Gasteiger partial charge in [-0.25, -0.2) is 4.79 Å². The molecule has 3 atom stereocenters. The Kier molecular flexibility index (Phi) is 32.0. The van der Waals surface area contributed by atoms with Crippen LogP contribution in [-0.4, -0.2) is 237 Å². The molecular weight excluding hydrogens is 1100 g/mol. The standard InChI is InChI=1S/C57H84N14O14/c1-2-48(74)62-22-23-64-57(84)67-56(58)63-19-7-13-46(54(82)65-36-41-14-16-45(73)17-15-41)66-55(83)53(42-9-4-3-5-10-42)43-11-6-12-44(35-43)59-20-8-21-61-49(75)18-33-85-34-24-60-47(40-72)71-31-29-69(38-51(78)79)27-25-68(37-50(76)77)26-28-70(30-32-71)39-52(80)81/h3-6,9-12,14-17,35,40,46-47,53,59-60,73H,2,7-8,13,18-34,36-39H2,1H3,(H,61,75)(H,62,74)(H,65,82)(H,66,83)(H,76,77)(H,78,79)(H,80,81)(H4,58,63,64,67,84)/t46-,47?,53-/m1/s1. The first-order chi connectivity index (χ1) is 40.9. The van der Waals surface area contributed by atoms with Gasteiger partial charge in [-0.1, -0.05) is 61.5 Å². The summed E-state index contributed by atoms with van der Waals surface area (Å²) < 4.78 is 5.70. The van der Waals surface area contributed by atoms with E-state index >= 15 is 0 Å². The fourth-order valence-electron chi connectivity index (χ4n) is 8.95. The van der Waals surface area contributed by atoms with Crippen molar-refractivity contribution in [2.75, 3.05) is 130 Å². The van der Waals surface area contributed by atoms with Crippen LogP contribution in [0.25, 0.3) is 0 Å². The Bertz CT molecular complexity index is 2590. The second-order valence-corrected chi connectivity index (χ2v) is 20.0. The van der Waals surface area contributed by atoms with Gasteiger partial charge in [0, 0.05) is 117 Å². The van der Waals surface area contributed by atoms with Gasteiger partial charge in [-0.3, -0.25) is 58.5 Å². The molecule has 85 heavy (non-hydrogen) atoms. The van der Waals surface area contributed by atoms with Crippen LogP contribution in [0.1, 0.15) is 61.6 Å². The largest absolute Gasteiger partial charge is 0.508 e. The van der Waals surface area contributed by atoms with Crippen molar-refractivity contribution in [3.8, 4) is 5.75 Å². The van der Waals surface area contributed by atoms with Gasteiger partial charge >= 0.3 is 23.9 Å². The lowest BCUT2D eigenvalue weighted by molar-refractivity contribution is -0.140. The number of carboxylic acid groups (broad SMARTS) is 3. The summed E-state index contributed by atoms with van der Waals surface area (Å²) in [6.07, 6.45) is 1.34. The van der Waals surface area contributed by atoms with E-state index in [1.54, 1.807) is 38.7 Å². The van der Waals surface area contributed by atoms with Crippen molar-refractivity contribution in [1.82, 2.24) is 56.8 Å². The number of rotatable bonds is 35. The molecule has 0 radical (unpaired) electrons. The summed E-state index contributed by atoms with van der Waals surface area (Å²) in [5, 5.41) is 61.5. The highest BCUT2D eigenvalue weighted by Gasteiger charge is 2.29. The normalized spacial score (nSPS) is 15.1. The molecule has 1 aliphatic rings.